The Kier molecular flexibility index (Phi) is 7.01. The Labute approximate surface area is 121 Å². The second-order valence-electron chi connectivity index (χ2n) is 4.67. The number of pyridine rings is 1. The molecule has 1 unspecified atom stereocenters. The van der Waals surface area contributed by atoms with Crippen molar-refractivity contribution in [2.75, 3.05) is 24.6 Å². The molecule has 2 N–H and O–H groups in total. The van der Waals surface area contributed by atoms with Crippen molar-refractivity contribution in [2.24, 2.45) is 0 Å². The molecule has 5 nitrogen and oxygen atoms in total. The third-order valence-electron chi connectivity index (χ3n) is 3.40. The lowest BCUT2D eigenvalue weighted by Crippen LogP contribution is -2.35. The lowest BCUT2D eigenvalue weighted by atomic mass is 10.1. The van der Waals surface area contributed by atoms with Crippen molar-refractivity contribution < 1.29 is 9.90 Å². The molecule has 0 aromatic carbocycles. The molecule has 0 spiro atoms. The van der Waals surface area contributed by atoms with E-state index >= 15 is 0 Å². The molecule has 1 aromatic heterocycles. The summed E-state index contributed by atoms with van der Waals surface area (Å²) >= 11 is 0. The summed E-state index contributed by atoms with van der Waals surface area (Å²) in [5, 5.41) is 11.8. The molecule has 112 valence electrons. The molecule has 0 aliphatic rings. The molecule has 1 atom stereocenters. The van der Waals surface area contributed by atoms with Gasteiger partial charge < -0.3 is 15.3 Å². The molecular formula is C15H25N3O2. The quantitative estimate of drug-likeness (QED) is 0.762. The lowest BCUT2D eigenvalue weighted by Gasteiger charge is -2.20. The Hall–Kier alpha value is -1.62. The standard InChI is InChI=1S/C15H25N3O2/c1-4-13(9-10-19)17-15(20)12-7-8-14(16-11-12)18(5-2)6-3/h7-8,11,13,19H,4-6,9-10H2,1-3H3,(H,17,20). The van der Waals surface area contributed by atoms with Crippen molar-refractivity contribution in [1.29, 1.82) is 0 Å². The fraction of sp³-hybridized carbons (Fsp3) is 0.600. The first kappa shape index (κ1) is 16.4. The van der Waals surface area contributed by atoms with Gasteiger partial charge >= 0.3 is 0 Å². The number of aliphatic hydroxyl groups excluding tert-OH is 1. The van der Waals surface area contributed by atoms with Gasteiger partial charge in [0, 0.05) is 31.9 Å². The highest BCUT2D eigenvalue weighted by atomic mass is 16.3. The lowest BCUT2D eigenvalue weighted by molar-refractivity contribution is 0.0929. The average molecular weight is 279 g/mol. The molecule has 1 amide bonds. The van der Waals surface area contributed by atoms with Crippen molar-refractivity contribution in [1.82, 2.24) is 10.3 Å². The summed E-state index contributed by atoms with van der Waals surface area (Å²) in [4.78, 5) is 18.5. The van der Waals surface area contributed by atoms with Gasteiger partial charge in [-0.1, -0.05) is 6.92 Å². The number of rotatable bonds is 8. The molecule has 0 bridgehead atoms. The molecule has 1 rings (SSSR count). The van der Waals surface area contributed by atoms with Crippen LogP contribution < -0.4 is 10.2 Å². The zero-order valence-electron chi connectivity index (χ0n) is 12.6. The summed E-state index contributed by atoms with van der Waals surface area (Å²) in [6, 6.07) is 3.67. The number of anilines is 1. The average Bonchev–Trinajstić information content (AvgIpc) is 2.48. The smallest absolute Gasteiger partial charge is 0.253 e. The van der Waals surface area contributed by atoms with Crippen molar-refractivity contribution in [3.63, 3.8) is 0 Å². The van der Waals surface area contributed by atoms with E-state index in [0.717, 1.165) is 25.3 Å². The van der Waals surface area contributed by atoms with Crippen LogP contribution in [0.3, 0.4) is 0 Å². The first-order valence-electron chi connectivity index (χ1n) is 7.28. The molecule has 5 heteroatoms. The Bertz CT molecular complexity index is 402. The highest BCUT2D eigenvalue weighted by molar-refractivity contribution is 5.94. The van der Waals surface area contributed by atoms with E-state index in [-0.39, 0.29) is 18.6 Å². The van der Waals surface area contributed by atoms with E-state index in [9.17, 15) is 4.79 Å². The fourth-order valence-corrected chi connectivity index (χ4v) is 2.06. The number of hydrogen-bond acceptors (Lipinski definition) is 4. The molecule has 0 fully saturated rings. The van der Waals surface area contributed by atoms with Gasteiger partial charge in [-0.05, 0) is 38.8 Å². The SMILES string of the molecule is CCC(CCO)NC(=O)c1ccc(N(CC)CC)nc1. The first-order valence-corrected chi connectivity index (χ1v) is 7.28. The maximum absolute atomic E-state index is 12.1. The summed E-state index contributed by atoms with van der Waals surface area (Å²) < 4.78 is 0. The highest BCUT2D eigenvalue weighted by Crippen LogP contribution is 2.11. The van der Waals surface area contributed by atoms with E-state index in [1.807, 2.05) is 13.0 Å². The van der Waals surface area contributed by atoms with Crippen molar-refractivity contribution >= 4 is 11.7 Å². The van der Waals surface area contributed by atoms with Gasteiger partial charge in [0.25, 0.3) is 5.91 Å². The summed E-state index contributed by atoms with van der Waals surface area (Å²) in [7, 11) is 0. The van der Waals surface area contributed by atoms with Crippen LogP contribution >= 0.6 is 0 Å². The minimum atomic E-state index is -0.135. The second-order valence-corrected chi connectivity index (χ2v) is 4.67. The van der Waals surface area contributed by atoms with Gasteiger partial charge in [0.1, 0.15) is 5.82 Å². The van der Waals surface area contributed by atoms with Crippen LogP contribution in [0.1, 0.15) is 44.0 Å². The summed E-state index contributed by atoms with van der Waals surface area (Å²) in [6.45, 7) is 8.01. The Morgan fingerprint density at radius 2 is 2.05 bits per heavy atom. The summed E-state index contributed by atoms with van der Waals surface area (Å²) in [6.07, 6.45) is 2.99. The zero-order valence-corrected chi connectivity index (χ0v) is 12.6. The minimum absolute atomic E-state index is 0.00922. The minimum Gasteiger partial charge on any atom is -0.396 e. The number of carbonyl (C=O) groups is 1. The van der Waals surface area contributed by atoms with Gasteiger partial charge in [0.15, 0.2) is 0 Å². The molecule has 0 radical (unpaired) electrons. The molecule has 20 heavy (non-hydrogen) atoms. The van der Waals surface area contributed by atoms with E-state index in [1.165, 1.54) is 0 Å². The van der Waals surface area contributed by atoms with Crippen LogP contribution in [0, 0.1) is 0 Å². The van der Waals surface area contributed by atoms with Crippen LogP contribution in [0.15, 0.2) is 18.3 Å². The number of hydrogen-bond donors (Lipinski definition) is 2. The Balaban J connectivity index is 2.70. The molecular weight excluding hydrogens is 254 g/mol. The van der Waals surface area contributed by atoms with E-state index < -0.39 is 0 Å². The predicted octanol–water partition coefficient (Wildman–Crippen LogP) is 1.82. The predicted molar refractivity (Wildman–Crippen MR) is 81.0 cm³/mol. The van der Waals surface area contributed by atoms with Crippen LogP contribution in [0.4, 0.5) is 5.82 Å². The van der Waals surface area contributed by atoms with Gasteiger partial charge in [-0.2, -0.15) is 0 Å². The van der Waals surface area contributed by atoms with Gasteiger partial charge in [-0.15, -0.1) is 0 Å². The van der Waals surface area contributed by atoms with Crippen LogP contribution in [0.2, 0.25) is 0 Å². The number of aliphatic hydroxyl groups is 1. The van der Waals surface area contributed by atoms with Gasteiger partial charge in [0.2, 0.25) is 0 Å². The zero-order chi connectivity index (χ0) is 15.0. The van der Waals surface area contributed by atoms with Crippen LogP contribution in [-0.4, -0.2) is 41.7 Å². The third kappa shape index (κ3) is 4.49. The topological polar surface area (TPSA) is 65.5 Å². The van der Waals surface area contributed by atoms with Crippen molar-refractivity contribution in [3.05, 3.63) is 23.9 Å². The second kappa shape index (κ2) is 8.53. The molecule has 0 saturated carbocycles. The first-order chi connectivity index (χ1) is 9.65. The van der Waals surface area contributed by atoms with Gasteiger partial charge in [-0.25, -0.2) is 4.98 Å². The molecule has 0 aliphatic heterocycles. The van der Waals surface area contributed by atoms with E-state index in [0.29, 0.717) is 12.0 Å². The maximum atomic E-state index is 12.1. The molecule has 1 heterocycles. The maximum Gasteiger partial charge on any atom is 0.253 e. The van der Waals surface area contributed by atoms with E-state index in [1.54, 1.807) is 12.3 Å². The number of nitrogens with one attached hydrogen (secondary N) is 1. The summed E-state index contributed by atoms with van der Waals surface area (Å²) in [5.41, 5.74) is 0.553. The van der Waals surface area contributed by atoms with Crippen LogP contribution in [0.25, 0.3) is 0 Å². The fourth-order valence-electron chi connectivity index (χ4n) is 2.06. The van der Waals surface area contributed by atoms with Gasteiger partial charge in [-0.3, -0.25) is 4.79 Å². The molecule has 1 aromatic rings. The Morgan fingerprint density at radius 1 is 1.35 bits per heavy atom. The van der Waals surface area contributed by atoms with Gasteiger partial charge in [0.05, 0.1) is 5.56 Å². The molecule has 0 saturated heterocycles. The number of nitrogens with zero attached hydrogens (tertiary/aromatic N) is 2. The van der Waals surface area contributed by atoms with Crippen molar-refractivity contribution in [2.45, 2.75) is 39.7 Å². The largest absolute Gasteiger partial charge is 0.396 e. The molecule has 0 aliphatic carbocycles. The number of amides is 1. The monoisotopic (exact) mass is 279 g/mol. The normalized spacial score (nSPS) is 12.0. The van der Waals surface area contributed by atoms with Crippen molar-refractivity contribution in [3.8, 4) is 0 Å². The highest BCUT2D eigenvalue weighted by Gasteiger charge is 2.12. The van der Waals surface area contributed by atoms with E-state index in [2.05, 4.69) is 29.0 Å². The number of carbonyl (C=O) groups excluding carboxylic acids is 1. The van der Waals surface area contributed by atoms with E-state index in [4.69, 9.17) is 5.11 Å². The van der Waals surface area contributed by atoms with Crippen LogP contribution in [-0.2, 0) is 0 Å². The summed E-state index contributed by atoms with van der Waals surface area (Å²) in [5.74, 6) is 0.748. The number of aromatic nitrogens is 1. The Morgan fingerprint density at radius 3 is 2.50 bits per heavy atom. The third-order valence-corrected chi connectivity index (χ3v) is 3.40. The van der Waals surface area contributed by atoms with Crippen LogP contribution in [0.5, 0.6) is 0 Å².